The largest absolute Gasteiger partial charge is 0.0911 e. The van der Waals surface area contributed by atoms with Crippen LogP contribution in [0.25, 0.3) is 0 Å². The molecule has 0 atom stereocenters. The highest BCUT2D eigenvalue weighted by Gasteiger charge is 2.11. The summed E-state index contributed by atoms with van der Waals surface area (Å²) < 4.78 is 0. The van der Waals surface area contributed by atoms with Gasteiger partial charge >= 0.3 is 0 Å². The second-order valence-corrected chi connectivity index (χ2v) is 3.80. The van der Waals surface area contributed by atoms with Crippen LogP contribution in [0.1, 0.15) is 46.5 Å². The fourth-order valence-corrected chi connectivity index (χ4v) is 1.29. The van der Waals surface area contributed by atoms with Gasteiger partial charge in [0.05, 0.1) is 0 Å². The molecule has 0 saturated heterocycles. The molecule has 0 heteroatoms. The van der Waals surface area contributed by atoms with Crippen LogP contribution >= 0.6 is 0 Å². The standard InChI is InChI=1S/C11H21/c1-5-7-8-10-11(3,4)9-6-2/h6,9H,1,5,7-8,10H2,2-4H3. The number of rotatable bonds is 5. The summed E-state index contributed by atoms with van der Waals surface area (Å²) in [5.41, 5.74) is 0.393. The predicted molar refractivity (Wildman–Crippen MR) is 52.4 cm³/mol. The van der Waals surface area contributed by atoms with Gasteiger partial charge in [0, 0.05) is 0 Å². The van der Waals surface area contributed by atoms with Crippen molar-refractivity contribution in [1.29, 1.82) is 0 Å². The van der Waals surface area contributed by atoms with Gasteiger partial charge in [-0.1, -0.05) is 52.2 Å². The summed E-state index contributed by atoms with van der Waals surface area (Å²) in [6.07, 6.45) is 9.36. The van der Waals surface area contributed by atoms with E-state index in [2.05, 4.69) is 39.8 Å². The molecule has 0 aliphatic carbocycles. The molecule has 0 saturated carbocycles. The van der Waals surface area contributed by atoms with Gasteiger partial charge in [0.15, 0.2) is 0 Å². The van der Waals surface area contributed by atoms with Gasteiger partial charge in [-0.05, 0) is 18.8 Å². The molecule has 11 heavy (non-hydrogen) atoms. The van der Waals surface area contributed by atoms with E-state index in [1.165, 1.54) is 19.3 Å². The van der Waals surface area contributed by atoms with Gasteiger partial charge in [-0.2, -0.15) is 0 Å². The maximum absolute atomic E-state index is 3.83. The van der Waals surface area contributed by atoms with Crippen LogP contribution in [0.5, 0.6) is 0 Å². The fraction of sp³-hybridized carbons (Fsp3) is 0.727. The van der Waals surface area contributed by atoms with Crippen molar-refractivity contribution < 1.29 is 0 Å². The third-order valence-electron chi connectivity index (χ3n) is 1.94. The average molecular weight is 153 g/mol. The van der Waals surface area contributed by atoms with Crippen LogP contribution < -0.4 is 0 Å². The van der Waals surface area contributed by atoms with Crippen molar-refractivity contribution in [3.63, 3.8) is 0 Å². The molecule has 1 radical (unpaired) electrons. The minimum absolute atomic E-state index is 0.393. The summed E-state index contributed by atoms with van der Waals surface area (Å²) in [5.74, 6) is 0. The molecule has 0 fully saturated rings. The molecular formula is C11H21. The molecule has 0 nitrogen and oxygen atoms in total. The Bertz CT molecular complexity index is 109. The molecule has 0 aromatic rings. The second-order valence-electron chi connectivity index (χ2n) is 3.80. The first kappa shape index (κ1) is 10.7. The summed E-state index contributed by atoms with van der Waals surface area (Å²) in [5, 5.41) is 0. The lowest BCUT2D eigenvalue weighted by Gasteiger charge is -2.19. The van der Waals surface area contributed by atoms with E-state index in [-0.39, 0.29) is 0 Å². The zero-order chi connectivity index (χ0) is 8.74. The van der Waals surface area contributed by atoms with E-state index >= 15 is 0 Å². The smallest absolute Gasteiger partial charge is 0.0175 e. The highest BCUT2D eigenvalue weighted by atomic mass is 14.2. The van der Waals surface area contributed by atoms with Crippen LogP contribution in [0.4, 0.5) is 0 Å². The average Bonchev–Trinajstić information content (AvgIpc) is 1.87. The van der Waals surface area contributed by atoms with E-state index < -0.39 is 0 Å². The molecule has 0 aliphatic rings. The van der Waals surface area contributed by atoms with E-state index in [9.17, 15) is 0 Å². The van der Waals surface area contributed by atoms with Gasteiger partial charge in [0.2, 0.25) is 0 Å². The SMILES string of the molecule is [CH2]CCCCC(C)(C)C=CC. The third-order valence-corrected chi connectivity index (χ3v) is 1.94. The van der Waals surface area contributed by atoms with Gasteiger partial charge in [-0.25, -0.2) is 0 Å². The van der Waals surface area contributed by atoms with Crippen molar-refractivity contribution in [2.45, 2.75) is 46.5 Å². The zero-order valence-electron chi connectivity index (χ0n) is 8.19. The summed E-state index contributed by atoms with van der Waals surface area (Å²) >= 11 is 0. The van der Waals surface area contributed by atoms with Crippen molar-refractivity contribution in [3.8, 4) is 0 Å². The van der Waals surface area contributed by atoms with Crippen LogP contribution in [0, 0.1) is 12.3 Å². The molecule has 0 unspecified atom stereocenters. The minimum atomic E-state index is 0.393. The molecule has 0 spiro atoms. The van der Waals surface area contributed by atoms with E-state index in [4.69, 9.17) is 0 Å². The van der Waals surface area contributed by atoms with Crippen LogP contribution in [0.2, 0.25) is 0 Å². The minimum Gasteiger partial charge on any atom is -0.0911 e. The van der Waals surface area contributed by atoms with Crippen LogP contribution in [0.15, 0.2) is 12.2 Å². The van der Waals surface area contributed by atoms with Crippen LogP contribution in [-0.2, 0) is 0 Å². The number of hydrogen-bond acceptors (Lipinski definition) is 0. The molecule has 65 valence electrons. The van der Waals surface area contributed by atoms with Gasteiger partial charge in [-0.3, -0.25) is 0 Å². The number of unbranched alkanes of at least 4 members (excludes halogenated alkanes) is 2. The summed E-state index contributed by atoms with van der Waals surface area (Å²) in [6, 6.07) is 0. The quantitative estimate of drug-likeness (QED) is 0.414. The summed E-state index contributed by atoms with van der Waals surface area (Å²) in [7, 11) is 0. The molecule has 0 aromatic heterocycles. The normalized spacial score (nSPS) is 12.7. The van der Waals surface area contributed by atoms with Crippen molar-refractivity contribution in [2.24, 2.45) is 5.41 Å². The Labute approximate surface area is 71.7 Å². The van der Waals surface area contributed by atoms with Crippen molar-refractivity contribution >= 4 is 0 Å². The van der Waals surface area contributed by atoms with E-state index in [0.717, 1.165) is 6.42 Å². The van der Waals surface area contributed by atoms with Crippen LogP contribution in [-0.4, -0.2) is 0 Å². The van der Waals surface area contributed by atoms with Crippen molar-refractivity contribution in [2.75, 3.05) is 0 Å². The summed E-state index contributed by atoms with van der Waals surface area (Å²) in [6.45, 7) is 10.5. The fourth-order valence-electron chi connectivity index (χ4n) is 1.29. The van der Waals surface area contributed by atoms with E-state index in [1.807, 2.05) is 0 Å². The van der Waals surface area contributed by atoms with Gasteiger partial charge in [-0.15, -0.1) is 0 Å². The van der Waals surface area contributed by atoms with Gasteiger partial charge < -0.3 is 0 Å². The lowest BCUT2D eigenvalue weighted by atomic mass is 9.87. The monoisotopic (exact) mass is 153 g/mol. The van der Waals surface area contributed by atoms with E-state index in [0.29, 0.717) is 5.41 Å². The molecule has 0 amide bonds. The highest BCUT2D eigenvalue weighted by Crippen LogP contribution is 2.24. The number of allylic oxidation sites excluding steroid dienone is 2. The third kappa shape index (κ3) is 6.15. The lowest BCUT2D eigenvalue weighted by Crippen LogP contribution is -2.06. The molecular weight excluding hydrogens is 132 g/mol. The maximum Gasteiger partial charge on any atom is -0.0175 e. The topological polar surface area (TPSA) is 0 Å². The van der Waals surface area contributed by atoms with E-state index in [1.54, 1.807) is 0 Å². The number of hydrogen-bond donors (Lipinski definition) is 0. The Morgan fingerprint density at radius 2 is 1.91 bits per heavy atom. The predicted octanol–water partition coefficient (Wildman–Crippen LogP) is 3.98. The first-order valence-electron chi connectivity index (χ1n) is 4.55. The Hall–Kier alpha value is -0.260. The molecule has 0 rings (SSSR count). The van der Waals surface area contributed by atoms with Crippen molar-refractivity contribution in [1.82, 2.24) is 0 Å². The van der Waals surface area contributed by atoms with Gasteiger partial charge in [0.25, 0.3) is 0 Å². The zero-order valence-corrected chi connectivity index (χ0v) is 8.19. The second kappa shape index (κ2) is 5.40. The lowest BCUT2D eigenvalue weighted by molar-refractivity contribution is 0.414. The highest BCUT2D eigenvalue weighted by molar-refractivity contribution is 4.92. The maximum atomic E-state index is 3.83. The van der Waals surface area contributed by atoms with Gasteiger partial charge in [0.1, 0.15) is 0 Å². The summed E-state index contributed by atoms with van der Waals surface area (Å²) in [4.78, 5) is 0. The van der Waals surface area contributed by atoms with Crippen molar-refractivity contribution in [3.05, 3.63) is 19.1 Å². The Morgan fingerprint density at radius 1 is 1.27 bits per heavy atom. The first-order chi connectivity index (χ1) is 5.12. The van der Waals surface area contributed by atoms with Crippen LogP contribution in [0.3, 0.4) is 0 Å². The first-order valence-corrected chi connectivity index (χ1v) is 4.55. The molecule has 0 N–H and O–H groups in total. The Morgan fingerprint density at radius 3 is 2.36 bits per heavy atom. The molecule has 0 aromatic carbocycles. The Balaban J connectivity index is 3.55. The molecule has 0 bridgehead atoms. The molecule has 0 heterocycles. The Kier molecular flexibility index (Phi) is 5.27. The molecule has 0 aliphatic heterocycles.